The van der Waals surface area contributed by atoms with E-state index in [-0.39, 0.29) is 0 Å². The quantitative estimate of drug-likeness (QED) is 0.161. The van der Waals surface area contributed by atoms with Crippen molar-refractivity contribution in [3.05, 3.63) is 201 Å². The van der Waals surface area contributed by atoms with Crippen LogP contribution in [0.5, 0.6) is 0 Å². The van der Waals surface area contributed by atoms with E-state index < -0.39 is 0 Å². The Morgan fingerprint density at radius 3 is 0.886 bits per heavy atom. The fourth-order valence-electron chi connectivity index (χ4n) is 5.82. The molecule has 0 saturated carbocycles. The molecule has 0 spiro atoms. The number of nitrogens with two attached hydrogens (primary N) is 2. The van der Waals surface area contributed by atoms with Gasteiger partial charge in [-0.1, -0.05) is 115 Å². The molecule has 0 bridgehead atoms. The first-order valence-electron chi connectivity index (χ1n) is 15.5. The molecule has 2 heteroatoms. The van der Waals surface area contributed by atoms with Gasteiger partial charge in [-0.25, -0.2) is 0 Å². The summed E-state index contributed by atoms with van der Waals surface area (Å²) < 4.78 is 0. The van der Waals surface area contributed by atoms with E-state index in [1.807, 2.05) is 24.3 Å². The highest BCUT2D eigenvalue weighted by molar-refractivity contribution is 5.43. The highest BCUT2D eigenvalue weighted by atomic mass is 14.5. The van der Waals surface area contributed by atoms with E-state index in [2.05, 4.69) is 122 Å². The van der Waals surface area contributed by atoms with Gasteiger partial charge < -0.3 is 11.5 Å². The van der Waals surface area contributed by atoms with Crippen LogP contribution >= 0.6 is 0 Å². The third kappa shape index (κ3) is 7.85. The van der Waals surface area contributed by atoms with Crippen LogP contribution in [0.4, 0.5) is 11.4 Å². The Kier molecular flexibility index (Phi) is 8.89. The lowest BCUT2D eigenvalue weighted by atomic mass is 9.95. The molecule has 0 aliphatic rings. The summed E-state index contributed by atoms with van der Waals surface area (Å²) in [6, 6.07) is 50.3. The van der Waals surface area contributed by atoms with Gasteiger partial charge in [0, 0.05) is 11.4 Å². The first kappa shape index (κ1) is 29.0. The molecule has 0 saturated heterocycles. The molecule has 0 aliphatic heterocycles. The van der Waals surface area contributed by atoms with Gasteiger partial charge in [0.05, 0.1) is 0 Å². The van der Waals surface area contributed by atoms with Crippen molar-refractivity contribution in [2.75, 3.05) is 11.5 Å². The largest absolute Gasteiger partial charge is 0.399 e. The van der Waals surface area contributed by atoms with E-state index in [4.69, 9.17) is 11.5 Å². The minimum atomic E-state index is 0.808. The normalized spacial score (nSPS) is 11.0. The molecular formula is C42H40N2. The number of hydrogen-bond donors (Lipinski definition) is 2. The molecule has 0 unspecified atom stereocenters. The molecule has 0 amide bonds. The molecule has 6 aromatic rings. The minimum absolute atomic E-state index is 0.808. The smallest absolute Gasteiger partial charge is 0.0314 e. The summed E-state index contributed by atoms with van der Waals surface area (Å²) in [5, 5.41) is 0. The minimum Gasteiger partial charge on any atom is -0.399 e. The summed E-state index contributed by atoms with van der Waals surface area (Å²) in [4.78, 5) is 0. The summed E-state index contributed by atoms with van der Waals surface area (Å²) in [6.07, 6.45) is 4.69. The fraction of sp³-hybridized carbons (Fsp3) is 0.143. The van der Waals surface area contributed by atoms with Crippen LogP contribution in [0.1, 0.15) is 61.2 Å². The van der Waals surface area contributed by atoms with Crippen LogP contribution in [0, 0.1) is 6.92 Å². The Morgan fingerprint density at radius 2 is 0.568 bits per heavy atom. The van der Waals surface area contributed by atoms with Gasteiger partial charge in [0.2, 0.25) is 0 Å². The number of benzene rings is 6. The lowest BCUT2D eigenvalue weighted by molar-refractivity contribution is 1.11. The molecule has 6 aromatic carbocycles. The summed E-state index contributed by atoms with van der Waals surface area (Å²) in [5.41, 5.74) is 27.9. The number of anilines is 2. The molecule has 0 aliphatic carbocycles. The second kappa shape index (κ2) is 13.5. The molecule has 0 aromatic heterocycles. The highest BCUT2D eigenvalue weighted by Crippen LogP contribution is 2.21. The fourth-order valence-corrected chi connectivity index (χ4v) is 5.82. The molecule has 6 rings (SSSR count). The molecule has 0 atom stereocenters. The summed E-state index contributed by atoms with van der Waals surface area (Å²) >= 11 is 0. The second-order valence-corrected chi connectivity index (χ2v) is 12.1. The maximum absolute atomic E-state index is 5.83. The zero-order valence-electron chi connectivity index (χ0n) is 25.5. The van der Waals surface area contributed by atoms with Crippen molar-refractivity contribution >= 4 is 11.4 Å². The number of rotatable bonds is 10. The van der Waals surface area contributed by atoms with E-state index in [0.29, 0.717) is 0 Å². The van der Waals surface area contributed by atoms with Gasteiger partial charge in [-0.15, -0.1) is 0 Å². The molecule has 0 heterocycles. The predicted octanol–water partition coefficient (Wildman–Crippen LogP) is 9.11. The SMILES string of the molecule is Cc1cc(Cc2ccc(N)cc2)ccc1Cc1ccc(Cc2ccc(Cc3ccc(Cc4ccc(N)cc4)cc3)cc2)cc1. The molecule has 2 nitrogen and oxygen atoms in total. The van der Waals surface area contributed by atoms with Crippen molar-refractivity contribution < 1.29 is 0 Å². The Labute approximate surface area is 262 Å². The van der Waals surface area contributed by atoms with Gasteiger partial charge in [-0.05, 0) is 124 Å². The lowest BCUT2D eigenvalue weighted by Gasteiger charge is -2.10. The van der Waals surface area contributed by atoms with Crippen LogP contribution in [0.2, 0.25) is 0 Å². The molecular weight excluding hydrogens is 532 g/mol. The van der Waals surface area contributed by atoms with Crippen LogP contribution in [-0.2, 0) is 32.1 Å². The maximum atomic E-state index is 5.83. The average Bonchev–Trinajstić information content (AvgIpc) is 3.04. The number of nitrogen functional groups attached to an aromatic ring is 2. The number of hydrogen-bond acceptors (Lipinski definition) is 2. The first-order valence-corrected chi connectivity index (χ1v) is 15.5. The van der Waals surface area contributed by atoms with E-state index in [1.165, 1.54) is 61.2 Å². The Balaban J connectivity index is 1.01. The van der Waals surface area contributed by atoms with E-state index in [9.17, 15) is 0 Å². The van der Waals surface area contributed by atoms with Gasteiger partial charge in [-0.3, -0.25) is 0 Å². The van der Waals surface area contributed by atoms with Gasteiger partial charge in [0.15, 0.2) is 0 Å². The van der Waals surface area contributed by atoms with Crippen molar-refractivity contribution in [2.45, 2.75) is 39.0 Å². The topological polar surface area (TPSA) is 52.0 Å². The molecule has 218 valence electrons. The maximum Gasteiger partial charge on any atom is 0.0314 e. The molecule has 4 N–H and O–H groups in total. The van der Waals surface area contributed by atoms with Crippen molar-refractivity contribution in [3.8, 4) is 0 Å². The number of aryl methyl sites for hydroxylation is 1. The molecule has 44 heavy (non-hydrogen) atoms. The van der Waals surface area contributed by atoms with Crippen LogP contribution in [0.3, 0.4) is 0 Å². The summed E-state index contributed by atoms with van der Waals surface area (Å²) in [6.45, 7) is 2.22. The summed E-state index contributed by atoms with van der Waals surface area (Å²) in [7, 11) is 0. The molecule has 0 fully saturated rings. The van der Waals surface area contributed by atoms with Gasteiger partial charge >= 0.3 is 0 Å². The van der Waals surface area contributed by atoms with Gasteiger partial charge in [-0.2, -0.15) is 0 Å². The van der Waals surface area contributed by atoms with E-state index in [0.717, 1.165) is 43.5 Å². The van der Waals surface area contributed by atoms with Gasteiger partial charge in [0.25, 0.3) is 0 Å². The monoisotopic (exact) mass is 572 g/mol. The Bertz CT molecular complexity index is 1800. The van der Waals surface area contributed by atoms with Crippen LogP contribution in [0.15, 0.2) is 140 Å². The van der Waals surface area contributed by atoms with E-state index >= 15 is 0 Å². The highest BCUT2D eigenvalue weighted by Gasteiger charge is 2.05. The Morgan fingerprint density at radius 1 is 0.318 bits per heavy atom. The average molecular weight is 573 g/mol. The Hall–Kier alpha value is -5.08. The van der Waals surface area contributed by atoms with Crippen LogP contribution in [0.25, 0.3) is 0 Å². The summed E-state index contributed by atoms with van der Waals surface area (Å²) in [5.74, 6) is 0. The van der Waals surface area contributed by atoms with Crippen molar-refractivity contribution in [1.29, 1.82) is 0 Å². The second-order valence-electron chi connectivity index (χ2n) is 12.1. The zero-order valence-corrected chi connectivity index (χ0v) is 25.5. The van der Waals surface area contributed by atoms with E-state index in [1.54, 1.807) is 0 Å². The van der Waals surface area contributed by atoms with Crippen LogP contribution < -0.4 is 11.5 Å². The lowest BCUT2D eigenvalue weighted by Crippen LogP contribution is -1.96. The van der Waals surface area contributed by atoms with Crippen molar-refractivity contribution in [2.24, 2.45) is 0 Å². The van der Waals surface area contributed by atoms with Gasteiger partial charge in [0.1, 0.15) is 0 Å². The first-order chi connectivity index (χ1) is 21.4. The van der Waals surface area contributed by atoms with Crippen molar-refractivity contribution in [3.63, 3.8) is 0 Å². The third-order valence-corrected chi connectivity index (χ3v) is 8.46. The standard InChI is InChI=1S/C42H40N2/c1-30-24-39(28-37-17-22-42(44)23-18-37)14-19-40(30)29-38-12-10-35(11-13-38)26-33-4-2-31(3-5-33)25-32-6-8-34(9-7-32)27-36-15-20-41(43)21-16-36/h2-24H,25-29,43-44H2,1H3. The van der Waals surface area contributed by atoms with Crippen LogP contribution in [-0.4, -0.2) is 0 Å². The van der Waals surface area contributed by atoms with Crippen molar-refractivity contribution in [1.82, 2.24) is 0 Å². The third-order valence-electron chi connectivity index (χ3n) is 8.46. The predicted molar refractivity (Wildman–Crippen MR) is 186 cm³/mol. The molecule has 0 radical (unpaired) electrons. The zero-order chi connectivity index (χ0) is 30.3.